The van der Waals surface area contributed by atoms with Gasteiger partial charge in [0.2, 0.25) is 0 Å². The molecule has 0 saturated carbocycles. The number of hydrogen-bond acceptors (Lipinski definition) is 2. The van der Waals surface area contributed by atoms with Gasteiger partial charge in [-0.3, -0.25) is 0 Å². The van der Waals surface area contributed by atoms with Crippen LogP contribution < -0.4 is 11.1 Å². The summed E-state index contributed by atoms with van der Waals surface area (Å²) in [6.45, 7) is 12.6. The summed E-state index contributed by atoms with van der Waals surface area (Å²) < 4.78 is 0. The molecule has 0 fully saturated rings. The molecule has 0 aliphatic rings. The summed E-state index contributed by atoms with van der Waals surface area (Å²) in [4.78, 5) is 0. The first-order valence-electron chi connectivity index (χ1n) is 10.7. The Morgan fingerprint density at radius 3 is 2.17 bits per heavy atom. The van der Waals surface area contributed by atoms with E-state index in [0.29, 0.717) is 5.92 Å². The van der Waals surface area contributed by atoms with E-state index in [2.05, 4.69) is 94.2 Å². The van der Waals surface area contributed by atoms with Crippen LogP contribution in [0.15, 0.2) is 89.8 Å². The summed E-state index contributed by atoms with van der Waals surface area (Å²) >= 11 is 0. The van der Waals surface area contributed by atoms with E-state index in [9.17, 15) is 0 Å². The van der Waals surface area contributed by atoms with E-state index in [1.54, 1.807) is 0 Å². The normalized spacial score (nSPS) is 13.9. The molecular formula is C27H36N2. The lowest BCUT2D eigenvalue weighted by Gasteiger charge is -2.18. The molecule has 154 valence electrons. The van der Waals surface area contributed by atoms with Crippen LogP contribution in [0.2, 0.25) is 0 Å². The third kappa shape index (κ3) is 6.67. The second kappa shape index (κ2) is 11.3. The Kier molecular flexibility index (Phi) is 8.79. The number of anilines is 1. The number of allylic oxidation sites excluding steroid dienone is 4. The van der Waals surface area contributed by atoms with E-state index in [1.807, 2.05) is 6.08 Å². The highest BCUT2D eigenvalue weighted by Crippen LogP contribution is 2.25. The van der Waals surface area contributed by atoms with Crippen molar-refractivity contribution in [2.45, 2.75) is 53.4 Å². The van der Waals surface area contributed by atoms with E-state index in [1.165, 1.54) is 22.3 Å². The second-order valence-corrected chi connectivity index (χ2v) is 7.73. The first kappa shape index (κ1) is 22.5. The third-order valence-electron chi connectivity index (χ3n) is 5.45. The van der Waals surface area contributed by atoms with Crippen LogP contribution in [0.3, 0.4) is 0 Å². The predicted octanol–water partition coefficient (Wildman–Crippen LogP) is 7.21. The maximum atomic E-state index is 6.60. The minimum absolute atomic E-state index is 0.437. The fourth-order valence-electron chi connectivity index (χ4n) is 3.62. The predicted molar refractivity (Wildman–Crippen MR) is 128 cm³/mol. The zero-order valence-corrected chi connectivity index (χ0v) is 18.5. The Morgan fingerprint density at radius 2 is 1.62 bits per heavy atom. The average molecular weight is 389 g/mol. The molecule has 2 heteroatoms. The van der Waals surface area contributed by atoms with Gasteiger partial charge in [0, 0.05) is 17.1 Å². The fraction of sp³-hybridized carbons (Fsp3) is 0.333. The molecule has 2 aromatic carbocycles. The van der Waals surface area contributed by atoms with Gasteiger partial charge < -0.3 is 11.1 Å². The molecule has 0 amide bonds. The lowest BCUT2D eigenvalue weighted by atomic mass is 9.94. The van der Waals surface area contributed by atoms with E-state index in [0.717, 1.165) is 42.8 Å². The van der Waals surface area contributed by atoms with Crippen molar-refractivity contribution in [3.05, 3.63) is 101 Å². The van der Waals surface area contributed by atoms with Crippen LogP contribution in [0.4, 0.5) is 5.69 Å². The number of hydrogen-bond donors (Lipinski definition) is 2. The van der Waals surface area contributed by atoms with Gasteiger partial charge in [-0.25, -0.2) is 0 Å². The Hall–Kier alpha value is -2.74. The fourth-order valence-corrected chi connectivity index (χ4v) is 3.62. The second-order valence-electron chi connectivity index (χ2n) is 7.73. The summed E-state index contributed by atoms with van der Waals surface area (Å²) in [6, 6.07) is 19.2. The van der Waals surface area contributed by atoms with Crippen molar-refractivity contribution in [2.75, 3.05) is 5.32 Å². The van der Waals surface area contributed by atoms with E-state index >= 15 is 0 Å². The molecule has 0 aromatic heterocycles. The molecule has 0 aliphatic heterocycles. The van der Waals surface area contributed by atoms with Gasteiger partial charge in [0.25, 0.3) is 0 Å². The molecule has 0 saturated heterocycles. The summed E-state index contributed by atoms with van der Waals surface area (Å²) in [5, 5.41) is 3.56. The highest BCUT2D eigenvalue weighted by atomic mass is 14.9. The minimum Gasteiger partial charge on any atom is -0.398 e. The van der Waals surface area contributed by atoms with Crippen LogP contribution in [0.5, 0.6) is 0 Å². The summed E-state index contributed by atoms with van der Waals surface area (Å²) in [5.74, 6) is 0.437. The van der Waals surface area contributed by atoms with E-state index in [-0.39, 0.29) is 0 Å². The topological polar surface area (TPSA) is 38.0 Å². The van der Waals surface area contributed by atoms with Gasteiger partial charge in [-0.15, -0.1) is 6.58 Å². The molecule has 0 bridgehead atoms. The van der Waals surface area contributed by atoms with Gasteiger partial charge in [0.1, 0.15) is 0 Å². The van der Waals surface area contributed by atoms with Gasteiger partial charge in [0.05, 0.1) is 0 Å². The number of benzene rings is 2. The van der Waals surface area contributed by atoms with Crippen LogP contribution in [0.25, 0.3) is 0 Å². The van der Waals surface area contributed by atoms with Crippen molar-refractivity contribution in [3.63, 3.8) is 0 Å². The van der Waals surface area contributed by atoms with Crippen LogP contribution >= 0.6 is 0 Å². The smallest absolute Gasteiger partial charge is 0.0382 e. The van der Waals surface area contributed by atoms with Gasteiger partial charge >= 0.3 is 0 Å². The Balaban J connectivity index is 2.17. The summed E-state index contributed by atoms with van der Waals surface area (Å²) in [5.41, 5.74) is 14.9. The third-order valence-corrected chi connectivity index (χ3v) is 5.45. The van der Waals surface area contributed by atoms with E-state index < -0.39 is 0 Å². The molecule has 1 unspecified atom stereocenters. The summed E-state index contributed by atoms with van der Waals surface area (Å²) in [6.07, 6.45) is 5.79. The average Bonchev–Trinajstić information content (AvgIpc) is 2.74. The van der Waals surface area contributed by atoms with Crippen molar-refractivity contribution in [1.82, 2.24) is 0 Å². The highest BCUT2D eigenvalue weighted by molar-refractivity contribution is 5.52. The zero-order valence-electron chi connectivity index (χ0n) is 18.5. The van der Waals surface area contributed by atoms with Crippen LogP contribution in [0.1, 0.15) is 58.1 Å². The van der Waals surface area contributed by atoms with Gasteiger partial charge in [-0.1, -0.05) is 69.3 Å². The van der Waals surface area contributed by atoms with Gasteiger partial charge in [-0.2, -0.15) is 0 Å². The van der Waals surface area contributed by atoms with Crippen LogP contribution in [0, 0.1) is 5.92 Å². The van der Waals surface area contributed by atoms with Crippen molar-refractivity contribution in [2.24, 2.45) is 11.7 Å². The molecule has 3 N–H and O–H groups in total. The maximum Gasteiger partial charge on any atom is 0.0382 e. The van der Waals surface area contributed by atoms with Gasteiger partial charge in [0.15, 0.2) is 0 Å². The number of nitrogens with two attached hydrogens (primary N) is 1. The maximum absolute atomic E-state index is 6.60. The minimum atomic E-state index is 0.437. The first-order chi connectivity index (χ1) is 14.0. The molecule has 0 aliphatic carbocycles. The Labute approximate surface area is 177 Å². The molecule has 0 heterocycles. The first-order valence-corrected chi connectivity index (χ1v) is 10.7. The summed E-state index contributed by atoms with van der Waals surface area (Å²) in [7, 11) is 0. The molecule has 2 rings (SSSR count). The molecule has 2 aromatic rings. The molecule has 0 radical (unpaired) electrons. The van der Waals surface area contributed by atoms with Crippen LogP contribution in [-0.2, 0) is 6.42 Å². The monoisotopic (exact) mass is 388 g/mol. The standard InChI is InChI=1S/C27H36N2/c1-6-20(4)18-24(7-2)27(28)26(8-3)21(5)29-25-16-14-23(15-17-25)19-22-12-10-9-11-13-22/h6,9-17,20,29H,1,7-8,18-19,28H2,2-5H3/b26-21+,27-24-. The SMILES string of the molecule is C=CC(C)C/C(CC)=C(N)/C(CC)=C(\C)Nc1ccc(Cc2ccccc2)cc1. The molecule has 2 nitrogen and oxygen atoms in total. The van der Waals surface area contributed by atoms with Crippen molar-refractivity contribution in [1.29, 1.82) is 0 Å². The lowest BCUT2D eigenvalue weighted by Crippen LogP contribution is -2.11. The number of nitrogens with one attached hydrogen (secondary N) is 1. The van der Waals surface area contributed by atoms with Crippen molar-refractivity contribution in [3.8, 4) is 0 Å². The van der Waals surface area contributed by atoms with Crippen LogP contribution in [-0.4, -0.2) is 0 Å². The highest BCUT2D eigenvalue weighted by Gasteiger charge is 2.11. The zero-order chi connectivity index (χ0) is 21.2. The molecule has 29 heavy (non-hydrogen) atoms. The molecule has 1 atom stereocenters. The Morgan fingerprint density at radius 1 is 1.00 bits per heavy atom. The lowest BCUT2D eigenvalue weighted by molar-refractivity contribution is 0.692. The van der Waals surface area contributed by atoms with Crippen molar-refractivity contribution < 1.29 is 0 Å². The largest absolute Gasteiger partial charge is 0.398 e. The number of rotatable bonds is 10. The molecule has 0 spiro atoms. The molecular weight excluding hydrogens is 352 g/mol. The Bertz CT molecular complexity index is 842. The van der Waals surface area contributed by atoms with Crippen molar-refractivity contribution >= 4 is 5.69 Å². The quantitative estimate of drug-likeness (QED) is 0.333. The van der Waals surface area contributed by atoms with E-state index in [4.69, 9.17) is 5.73 Å². The van der Waals surface area contributed by atoms with Gasteiger partial charge in [-0.05, 0) is 72.9 Å².